The topological polar surface area (TPSA) is 116 Å². The summed E-state index contributed by atoms with van der Waals surface area (Å²) in [5.74, 6) is 0.137. The van der Waals surface area contributed by atoms with E-state index >= 15 is 0 Å². The number of hydrogen-bond acceptors (Lipinski definition) is 7. The third kappa shape index (κ3) is 9.91. The van der Waals surface area contributed by atoms with Crippen molar-refractivity contribution < 1.29 is 19.1 Å². The molecule has 3 rings (SSSR count). The molecule has 0 saturated carbocycles. The Kier molecular flexibility index (Phi) is 10.1. The van der Waals surface area contributed by atoms with Crippen LogP contribution in [0.4, 0.5) is 15.3 Å². The maximum absolute atomic E-state index is 11.8. The Morgan fingerprint density at radius 1 is 1.05 bits per heavy atom. The first-order chi connectivity index (χ1) is 17.6. The van der Waals surface area contributed by atoms with Crippen molar-refractivity contribution in [2.45, 2.75) is 59.0 Å². The van der Waals surface area contributed by atoms with Gasteiger partial charge in [0.25, 0.3) is 0 Å². The minimum absolute atomic E-state index is 0.137. The molecule has 37 heavy (non-hydrogen) atoms. The van der Waals surface area contributed by atoms with Crippen molar-refractivity contribution in [1.29, 1.82) is 0 Å². The number of nitrogens with zero attached hydrogens (tertiary/aromatic N) is 3. The van der Waals surface area contributed by atoms with Crippen LogP contribution in [0.15, 0.2) is 29.8 Å². The standard InChI is InChI=1S/C26H38N6O4S/c1-19(33)31-12-14-32(15-13-31)22-10-9-21(28-17-22)8-7-20-16-23(37-18-20)6-5-11-27-24(34)29-30-25(35)36-26(2,3)4/h9-10,16-18H,5-8,11-15H2,1-4H3,(H,30,35)(H2,27,29,34). The number of piperazine rings is 1. The summed E-state index contributed by atoms with van der Waals surface area (Å²) in [6.45, 7) is 10.5. The summed E-state index contributed by atoms with van der Waals surface area (Å²) in [6, 6.07) is 5.96. The fraction of sp³-hybridized carbons (Fsp3) is 0.538. The zero-order chi connectivity index (χ0) is 26.8. The highest BCUT2D eigenvalue weighted by Gasteiger charge is 2.19. The second-order valence-corrected chi connectivity index (χ2v) is 11.0. The maximum Gasteiger partial charge on any atom is 0.426 e. The molecule has 11 heteroatoms. The summed E-state index contributed by atoms with van der Waals surface area (Å²) >= 11 is 1.73. The number of ether oxygens (including phenoxy) is 1. The van der Waals surface area contributed by atoms with Gasteiger partial charge in [-0.3, -0.25) is 9.78 Å². The van der Waals surface area contributed by atoms with Crippen LogP contribution in [0.2, 0.25) is 0 Å². The SMILES string of the molecule is CC(=O)N1CCN(c2ccc(CCc3csc(CCCNC(=O)NNC(=O)OC(C)(C)C)c3)nc2)CC1. The molecule has 4 amide bonds. The third-order valence-corrected chi connectivity index (χ3v) is 6.88. The fourth-order valence-corrected chi connectivity index (χ4v) is 4.88. The zero-order valence-electron chi connectivity index (χ0n) is 22.1. The number of amides is 4. The highest BCUT2D eigenvalue weighted by atomic mass is 32.1. The van der Waals surface area contributed by atoms with Gasteiger partial charge in [-0.05, 0) is 75.6 Å². The van der Waals surface area contributed by atoms with Crippen molar-refractivity contribution in [2.75, 3.05) is 37.6 Å². The largest absolute Gasteiger partial charge is 0.443 e. The molecule has 0 bridgehead atoms. The smallest absolute Gasteiger partial charge is 0.426 e. The molecule has 0 radical (unpaired) electrons. The average molecular weight is 531 g/mol. The van der Waals surface area contributed by atoms with Crippen LogP contribution in [0.5, 0.6) is 0 Å². The molecule has 1 fully saturated rings. The van der Waals surface area contributed by atoms with Gasteiger partial charge in [0.05, 0.1) is 11.9 Å². The molecule has 1 saturated heterocycles. The predicted octanol–water partition coefficient (Wildman–Crippen LogP) is 3.27. The van der Waals surface area contributed by atoms with Crippen molar-refractivity contribution in [2.24, 2.45) is 0 Å². The first kappa shape index (κ1) is 28.2. The minimum Gasteiger partial charge on any atom is -0.443 e. The minimum atomic E-state index is -0.705. The van der Waals surface area contributed by atoms with E-state index in [9.17, 15) is 14.4 Å². The molecule has 0 aliphatic carbocycles. The summed E-state index contributed by atoms with van der Waals surface area (Å²) in [4.78, 5) is 44.9. The Bertz CT molecular complexity index is 1040. The normalized spacial score (nSPS) is 13.7. The first-order valence-electron chi connectivity index (χ1n) is 12.6. The van der Waals surface area contributed by atoms with Crippen LogP contribution in [-0.2, 0) is 28.8 Å². The van der Waals surface area contributed by atoms with E-state index in [0.29, 0.717) is 6.54 Å². The van der Waals surface area contributed by atoms with Crippen LogP contribution < -0.4 is 21.1 Å². The molecular weight excluding hydrogens is 492 g/mol. The molecule has 1 aliphatic heterocycles. The summed E-state index contributed by atoms with van der Waals surface area (Å²) in [7, 11) is 0. The van der Waals surface area contributed by atoms with E-state index in [0.717, 1.165) is 63.2 Å². The van der Waals surface area contributed by atoms with Crippen molar-refractivity contribution in [3.05, 3.63) is 45.9 Å². The number of hydrogen-bond donors (Lipinski definition) is 3. The second-order valence-electron chi connectivity index (χ2n) is 10.0. The molecule has 2 aromatic heterocycles. The summed E-state index contributed by atoms with van der Waals surface area (Å²) < 4.78 is 5.05. The number of carbonyl (C=O) groups is 3. The zero-order valence-corrected chi connectivity index (χ0v) is 23.0. The number of rotatable bonds is 8. The van der Waals surface area contributed by atoms with E-state index in [2.05, 4.69) is 49.6 Å². The highest BCUT2D eigenvalue weighted by Crippen LogP contribution is 2.19. The number of pyridine rings is 1. The fourth-order valence-electron chi connectivity index (χ4n) is 3.91. The van der Waals surface area contributed by atoms with Crippen molar-refractivity contribution >= 4 is 35.1 Å². The van der Waals surface area contributed by atoms with Crippen LogP contribution in [0.25, 0.3) is 0 Å². The molecular formula is C26H38N6O4S. The lowest BCUT2D eigenvalue weighted by Crippen LogP contribution is -2.48. The summed E-state index contributed by atoms with van der Waals surface area (Å²) in [5.41, 5.74) is 7.32. The van der Waals surface area contributed by atoms with Gasteiger partial charge in [0.15, 0.2) is 0 Å². The van der Waals surface area contributed by atoms with Gasteiger partial charge in [0, 0.05) is 50.2 Å². The van der Waals surface area contributed by atoms with Gasteiger partial charge in [-0.2, -0.15) is 0 Å². The molecule has 10 nitrogen and oxygen atoms in total. The lowest BCUT2D eigenvalue weighted by atomic mass is 10.1. The Labute approximate surface area is 222 Å². The second kappa shape index (κ2) is 13.3. The highest BCUT2D eigenvalue weighted by molar-refractivity contribution is 7.10. The van der Waals surface area contributed by atoms with Crippen LogP contribution in [-0.4, -0.2) is 66.2 Å². The van der Waals surface area contributed by atoms with E-state index in [4.69, 9.17) is 4.74 Å². The van der Waals surface area contributed by atoms with Gasteiger partial charge in [0.2, 0.25) is 5.91 Å². The Hall–Kier alpha value is -3.34. The van der Waals surface area contributed by atoms with Crippen molar-refractivity contribution in [3.8, 4) is 0 Å². The van der Waals surface area contributed by atoms with Crippen LogP contribution >= 0.6 is 11.3 Å². The van der Waals surface area contributed by atoms with Gasteiger partial charge >= 0.3 is 12.1 Å². The maximum atomic E-state index is 11.8. The number of urea groups is 1. The van der Waals surface area contributed by atoms with Gasteiger partial charge in [-0.1, -0.05) is 0 Å². The van der Waals surface area contributed by atoms with Gasteiger partial charge in [-0.25, -0.2) is 20.4 Å². The number of carbonyl (C=O) groups excluding carboxylic acids is 3. The lowest BCUT2D eigenvalue weighted by Gasteiger charge is -2.35. The number of aromatic nitrogens is 1. The molecule has 0 aromatic carbocycles. The van der Waals surface area contributed by atoms with Crippen molar-refractivity contribution in [3.63, 3.8) is 0 Å². The Balaban J connectivity index is 1.31. The van der Waals surface area contributed by atoms with E-state index in [1.807, 2.05) is 11.1 Å². The third-order valence-electron chi connectivity index (χ3n) is 5.84. The predicted molar refractivity (Wildman–Crippen MR) is 145 cm³/mol. The number of nitrogens with one attached hydrogen (secondary N) is 3. The van der Waals surface area contributed by atoms with Crippen LogP contribution in [0.3, 0.4) is 0 Å². The van der Waals surface area contributed by atoms with E-state index in [-0.39, 0.29) is 5.91 Å². The molecule has 0 spiro atoms. The van der Waals surface area contributed by atoms with Gasteiger partial charge in [0.1, 0.15) is 5.60 Å². The molecule has 0 atom stereocenters. The number of anilines is 1. The molecule has 1 aliphatic rings. The van der Waals surface area contributed by atoms with E-state index in [1.165, 1.54) is 10.4 Å². The number of hydrazine groups is 1. The molecule has 202 valence electrons. The lowest BCUT2D eigenvalue weighted by molar-refractivity contribution is -0.129. The van der Waals surface area contributed by atoms with E-state index in [1.54, 1.807) is 39.0 Å². The van der Waals surface area contributed by atoms with Crippen LogP contribution in [0, 0.1) is 0 Å². The first-order valence-corrected chi connectivity index (χ1v) is 13.5. The Morgan fingerprint density at radius 3 is 2.46 bits per heavy atom. The summed E-state index contributed by atoms with van der Waals surface area (Å²) in [6.07, 6.45) is 4.70. The molecule has 2 aromatic rings. The van der Waals surface area contributed by atoms with Gasteiger partial charge in [-0.15, -0.1) is 11.3 Å². The quantitative estimate of drug-likeness (QED) is 0.356. The summed E-state index contributed by atoms with van der Waals surface area (Å²) in [5, 5.41) is 4.90. The Morgan fingerprint density at radius 2 is 1.81 bits per heavy atom. The molecule has 0 unspecified atom stereocenters. The molecule has 3 heterocycles. The van der Waals surface area contributed by atoms with Crippen LogP contribution in [0.1, 0.15) is 50.3 Å². The number of aryl methyl sites for hydroxylation is 3. The van der Waals surface area contributed by atoms with Gasteiger partial charge < -0.3 is 19.9 Å². The number of thiophene rings is 1. The van der Waals surface area contributed by atoms with E-state index < -0.39 is 17.7 Å². The average Bonchev–Trinajstić information content (AvgIpc) is 3.31. The van der Waals surface area contributed by atoms with Crippen molar-refractivity contribution in [1.82, 2.24) is 26.1 Å². The monoisotopic (exact) mass is 530 g/mol. The molecule has 3 N–H and O–H groups in total.